The van der Waals surface area contributed by atoms with Gasteiger partial charge in [-0.15, -0.1) is 11.3 Å². The number of hydrogen-bond acceptors (Lipinski definition) is 5. The van der Waals surface area contributed by atoms with Crippen LogP contribution < -0.4 is 5.32 Å². The molecule has 0 atom stereocenters. The van der Waals surface area contributed by atoms with E-state index in [1.807, 2.05) is 50.4 Å². The molecule has 3 aromatic rings. The lowest BCUT2D eigenvalue weighted by atomic mass is 10.1. The Morgan fingerprint density at radius 3 is 2.68 bits per heavy atom. The number of esters is 1. The second-order valence-electron chi connectivity index (χ2n) is 6.51. The predicted molar refractivity (Wildman–Crippen MR) is 111 cm³/mol. The smallest absolute Gasteiger partial charge is 0.340 e. The number of amides is 1. The van der Waals surface area contributed by atoms with Crippen molar-refractivity contribution in [2.75, 3.05) is 11.9 Å². The van der Waals surface area contributed by atoms with Crippen LogP contribution in [0.4, 0.5) is 5.69 Å². The van der Waals surface area contributed by atoms with E-state index in [1.165, 1.54) is 11.3 Å². The van der Waals surface area contributed by atoms with E-state index in [0.717, 1.165) is 33.9 Å². The van der Waals surface area contributed by atoms with E-state index in [2.05, 4.69) is 15.3 Å². The fraction of sp³-hybridized carbons (Fsp3) is 0.286. The van der Waals surface area contributed by atoms with Crippen molar-refractivity contribution in [1.29, 1.82) is 0 Å². The van der Waals surface area contributed by atoms with Gasteiger partial charge in [0.15, 0.2) is 0 Å². The first-order valence-electron chi connectivity index (χ1n) is 9.07. The molecule has 0 aliphatic carbocycles. The fourth-order valence-electron chi connectivity index (χ4n) is 3.07. The van der Waals surface area contributed by atoms with Gasteiger partial charge in [0.2, 0.25) is 5.91 Å². The Bertz CT molecular complexity index is 1020. The Balaban J connectivity index is 1.76. The van der Waals surface area contributed by atoms with Crippen molar-refractivity contribution in [2.24, 2.45) is 0 Å². The standard InChI is InChI=1S/C21H23N3O3S/c1-5-27-21(26)19-13(3)20(22-14(19)4)16-11-28-18(24-16)10-17(25)23-15-9-7-6-8-12(15)2/h6-9,11,22H,5,10H2,1-4H3,(H,23,25). The first-order chi connectivity index (χ1) is 13.4. The zero-order valence-corrected chi connectivity index (χ0v) is 17.2. The number of carbonyl (C=O) groups is 2. The van der Waals surface area contributed by atoms with Crippen LogP contribution in [0.25, 0.3) is 11.4 Å². The van der Waals surface area contributed by atoms with Crippen LogP contribution in [-0.2, 0) is 16.0 Å². The number of nitrogens with one attached hydrogen (secondary N) is 2. The summed E-state index contributed by atoms with van der Waals surface area (Å²) in [6, 6.07) is 7.65. The molecule has 0 aliphatic rings. The summed E-state index contributed by atoms with van der Waals surface area (Å²) in [6.07, 6.45) is 0.197. The maximum atomic E-state index is 12.4. The summed E-state index contributed by atoms with van der Waals surface area (Å²) < 4.78 is 5.13. The Kier molecular flexibility index (Phi) is 5.94. The van der Waals surface area contributed by atoms with Gasteiger partial charge in [-0.2, -0.15) is 0 Å². The van der Waals surface area contributed by atoms with Crippen molar-refractivity contribution in [2.45, 2.75) is 34.1 Å². The summed E-state index contributed by atoms with van der Waals surface area (Å²) in [6.45, 7) is 7.77. The molecule has 6 nitrogen and oxygen atoms in total. The summed E-state index contributed by atoms with van der Waals surface area (Å²) in [4.78, 5) is 32.3. The lowest BCUT2D eigenvalue weighted by Gasteiger charge is -2.06. The average Bonchev–Trinajstić information content (AvgIpc) is 3.21. The van der Waals surface area contributed by atoms with Crippen molar-refractivity contribution in [3.8, 4) is 11.4 Å². The topological polar surface area (TPSA) is 84.1 Å². The number of nitrogens with zero attached hydrogens (tertiary/aromatic N) is 1. The van der Waals surface area contributed by atoms with Crippen molar-refractivity contribution < 1.29 is 14.3 Å². The van der Waals surface area contributed by atoms with Crippen molar-refractivity contribution >= 4 is 28.9 Å². The molecule has 0 spiro atoms. The number of aromatic amines is 1. The predicted octanol–water partition coefficient (Wildman–Crippen LogP) is 4.42. The van der Waals surface area contributed by atoms with Gasteiger partial charge in [-0.1, -0.05) is 18.2 Å². The van der Waals surface area contributed by atoms with Gasteiger partial charge in [0.05, 0.1) is 30.0 Å². The second kappa shape index (κ2) is 8.39. The highest BCUT2D eigenvalue weighted by atomic mass is 32.1. The number of hydrogen-bond donors (Lipinski definition) is 2. The van der Waals surface area contributed by atoms with Crippen molar-refractivity contribution in [3.05, 3.63) is 57.0 Å². The molecule has 0 radical (unpaired) electrons. The molecule has 2 heterocycles. The average molecular weight is 398 g/mol. The first kappa shape index (κ1) is 19.8. The van der Waals surface area contributed by atoms with Gasteiger partial charge in [-0.05, 0) is 44.9 Å². The van der Waals surface area contributed by atoms with Gasteiger partial charge >= 0.3 is 5.97 Å². The highest BCUT2D eigenvalue weighted by molar-refractivity contribution is 7.10. The van der Waals surface area contributed by atoms with E-state index >= 15 is 0 Å². The molecule has 3 rings (SSSR count). The van der Waals surface area contributed by atoms with Crippen molar-refractivity contribution in [1.82, 2.24) is 9.97 Å². The number of anilines is 1. The Labute approximate surface area is 168 Å². The number of benzene rings is 1. The lowest BCUT2D eigenvalue weighted by Crippen LogP contribution is -2.14. The third-order valence-electron chi connectivity index (χ3n) is 4.46. The minimum atomic E-state index is -0.340. The number of rotatable bonds is 6. The van der Waals surface area contributed by atoms with Crippen LogP contribution in [-0.4, -0.2) is 28.5 Å². The maximum absolute atomic E-state index is 12.4. The van der Waals surface area contributed by atoms with Crippen LogP contribution in [0, 0.1) is 20.8 Å². The van der Waals surface area contributed by atoms with Crippen LogP contribution in [0.2, 0.25) is 0 Å². The lowest BCUT2D eigenvalue weighted by molar-refractivity contribution is -0.115. The highest BCUT2D eigenvalue weighted by Crippen LogP contribution is 2.29. The monoisotopic (exact) mass is 397 g/mol. The number of thiazole rings is 1. The Hall–Kier alpha value is -2.93. The third kappa shape index (κ3) is 4.14. The molecular formula is C21H23N3O3S. The van der Waals surface area contributed by atoms with E-state index in [9.17, 15) is 9.59 Å². The fourth-order valence-corrected chi connectivity index (χ4v) is 3.85. The van der Waals surface area contributed by atoms with Gasteiger partial charge in [-0.3, -0.25) is 4.79 Å². The number of aryl methyl sites for hydroxylation is 2. The van der Waals surface area contributed by atoms with Gasteiger partial charge in [0.25, 0.3) is 0 Å². The molecule has 2 N–H and O–H groups in total. The minimum absolute atomic E-state index is 0.109. The normalized spacial score (nSPS) is 10.7. The van der Waals surface area contributed by atoms with Gasteiger partial charge in [0.1, 0.15) is 5.01 Å². The Morgan fingerprint density at radius 2 is 1.96 bits per heavy atom. The second-order valence-corrected chi connectivity index (χ2v) is 7.45. The number of aromatic nitrogens is 2. The molecule has 0 bridgehead atoms. The van der Waals surface area contributed by atoms with E-state index in [1.54, 1.807) is 6.92 Å². The quantitative estimate of drug-likeness (QED) is 0.603. The maximum Gasteiger partial charge on any atom is 0.340 e. The van der Waals surface area contributed by atoms with Crippen molar-refractivity contribution in [3.63, 3.8) is 0 Å². The number of ether oxygens (including phenoxy) is 1. The summed E-state index contributed by atoms with van der Waals surface area (Å²) in [5.41, 5.74) is 5.42. The van der Waals surface area contributed by atoms with Crippen LogP contribution in [0.3, 0.4) is 0 Å². The van der Waals surface area contributed by atoms with E-state index in [4.69, 9.17) is 4.74 Å². The molecule has 1 aromatic carbocycles. The van der Waals surface area contributed by atoms with Crippen LogP contribution in [0.5, 0.6) is 0 Å². The molecule has 0 fully saturated rings. The molecule has 0 saturated carbocycles. The van der Waals surface area contributed by atoms with E-state index < -0.39 is 0 Å². The molecule has 0 unspecified atom stereocenters. The molecule has 0 saturated heterocycles. The van der Waals surface area contributed by atoms with E-state index in [0.29, 0.717) is 17.2 Å². The van der Waals surface area contributed by atoms with Gasteiger partial charge in [-0.25, -0.2) is 9.78 Å². The SMILES string of the molecule is CCOC(=O)c1c(C)[nH]c(-c2csc(CC(=O)Nc3ccccc3C)n2)c1C. The molecular weight excluding hydrogens is 374 g/mol. The summed E-state index contributed by atoms with van der Waals surface area (Å²) in [7, 11) is 0. The first-order valence-corrected chi connectivity index (χ1v) is 9.95. The third-order valence-corrected chi connectivity index (χ3v) is 5.30. The molecule has 146 valence electrons. The Morgan fingerprint density at radius 1 is 1.21 bits per heavy atom. The number of para-hydroxylation sites is 1. The van der Waals surface area contributed by atoms with Gasteiger partial charge < -0.3 is 15.0 Å². The molecule has 1 amide bonds. The number of carbonyl (C=O) groups excluding carboxylic acids is 2. The molecule has 7 heteroatoms. The number of H-pyrrole nitrogens is 1. The zero-order valence-electron chi connectivity index (χ0n) is 16.4. The molecule has 0 aliphatic heterocycles. The van der Waals surface area contributed by atoms with Crippen LogP contribution in [0.15, 0.2) is 29.6 Å². The van der Waals surface area contributed by atoms with E-state index in [-0.39, 0.29) is 18.3 Å². The summed E-state index contributed by atoms with van der Waals surface area (Å²) in [5.74, 6) is -0.449. The minimum Gasteiger partial charge on any atom is -0.462 e. The highest BCUT2D eigenvalue weighted by Gasteiger charge is 2.21. The van der Waals surface area contributed by atoms with Crippen LogP contribution in [0.1, 0.15) is 39.1 Å². The molecule has 2 aromatic heterocycles. The van der Waals surface area contributed by atoms with Crippen LogP contribution >= 0.6 is 11.3 Å². The summed E-state index contributed by atoms with van der Waals surface area (Å²) in [5, 5.41) is 5.53. The largest absolute Gasteiger partial charge is 0.462 e. The summed E-state index contributed by atoms with van der Waals surface area (Å²) >= 11 is 1.42. The zero-order chi connectivity index (χ0) is 20.3. The van der Waals surface area contributed by atoms with Gasteiger partial charge in [0, 0.05) is 16.8 Å². The molecule has 28 heavy (non-hydrogen) atoms.